The number of carbonyl (C=O) groups is 2. The molecule has 1 aromatic rings. The maximum atomic E-state index is 11.7. The van der Waals surface area contributed by atoms with Crippen molar-refractivity contribution in [2.75, 3.05) is 11.4 Å². The van der Waals surface area contributed by atoms with Gasteiger partial charge in [-0.2, -0.15) is 0 Å². The number of nitrogens with zero attached hydrogens (tertiary/aromatic N) is 2. The van der Waals surface area contributed by atoms with Gasteiger partial charge in [0.05, 0.1) is 4.92 Å². The van der Waals surface area contributed by atoms with E-state index in [1.165, 1.54) is 23.1 Å². The summed E-state index contributed by atoms with van der Waals surface area (Å²) in [6.45, 7) is 2.14. The molecule has 1 aromatic carbocycles. The molecule has 0 aliphatic carbocycles. The Labute approximate surface area is 121 Å². The molecule has 1 aliphatic rings. The highest BCUT2D eigenvalue weighted by Gasteiger charge is 2.34. The number of nitro benzene ring substituents is 1. The molecule has 1 heterocycles. The van der Waals surface area contributed by atoms with Gasteiger partial charge in [0.1, 0.15) is 11.7 Å². The van der Waals surface area contributed by atoms with Crippen molar-refractivity contribution in [1.82, 2.24) is 0 Å². The average Bonchev–Trinajstić information content (AvgIpc) is 2.95. The lowest BCUT2D eigenvalue weighted by atomic mass is 10.1. The van der Waals surface area contributed by atoms with Crippen molar-refractivity contribution in [2.24, 2.45) is 0 Å². The molecule has 0 radical (unpaired) electrons. The fourth-order valence-corrected chi connectivity index (χ4v) is 2.60. The number of hydrogen-bond acceptors (Lipinski definition) is 5. The van der Waals surface area contributed by atoms with Crippen molar-refractivity contribution in [2.45, 2.75) is 32.2 Å². The summed E-state index contributed by atoms with van der Waals surface area (Å²) in [6.07, 6.45) is 1.39. The van der Waals surface area contributed by atoms with Gasteiger partial charge in [-0.15, -0.1) is 0 Å². The second-order valence-corrected chi connectivity index (χ2v) is 4.93. The van der Waals surface area contributed by atoms with E-state index in [1.54, 1.807) is 6.92 Å². The van der Waals surface area contributed by atoms with E-state index in [2.05, 4.69) is 0 Å². The van der Waals surface area contributed by atoms with Gasteiger partial charge in [-0.1, -0.05) is 6.92 Å². The third-order valence-corrected chi connectivity index (χ3v) is 3.66. The number of Topliss-reactive ketones (excluding diaryl/α,β-unsaturated/α-hetero) is 1. The number of carbonyl (C=O) groups excluding carboxylic acids is 1. The van der Waals surface area contributed by atoms with Crippen LogP contribution in [0.25, 0.3) is 0 Å². The number of ketones is 1. The first-order valence-corrected chi connectivity index (χ1v) is 6.76. The molecule has 0 aromatic heterocycles. The summed E-state index contributed by atoms with van der Waals surface area (Å²) < 4.78 is 0. The van der Waals surface area contributed by atoms with Gasteiger partial charge in [0.15, 0.2) is 5.78 Å². The van der Waals surface area contributed by atoms with Gasteiger partial charge in [0.25, 0.3) is 5.69 Å². The summed E-state index contributed by atoms with van der Waals surface area (Å²) >= 11 is 0. The molecule has 112 valence electrons. The molecule has 21 heavy (non-hydrogen) atoms. The average molecular weight is 292 g/mol. The lowest BCUT2D eigenvalue weighted by Gasteiger charge is -2.23. The predicted octanol–water partition coefficient (Wildman–Crippen LogP) is 2.24. The molecule has 1 atom stereocenters. The van der Waals surface area contributed by atoms with Crippen LogP contribution in [0.1, 0.15) is 36.5 Å². The molecule has 0 spiro atoms. The first kappa shape index (κ1) is 15.0. The number of aliphatic carboxylic acids is 1. The Morgan fingerprint density at radius 2 is 2.19 bits per heavy atom. The second-order valence-electron chi connectivity index (χ2n) is 4.93. The van der Waals surface area contributed by atoms with Crippen LogP contribution in [0.4, 0.5) is 11.4 Å². The summed E-state index contributed by atoms with van der Waals surface area (Å²) in [5.41, 5.74) is 0.319. The molecule has 1 unspecified atom stereocenters. The molecule has 2 rings (SSSR count). The van der Waals surface area contributed by atoms with E-state index in [-0.39, 0.29) is 29.1 Å². The lowest BCUT2D eigenvalue weighted by Crippen LogP contribution is -2.36. The quantitative estimate of drug-likeness (QED) is 0.507. The van der Waals surface area contributed by atoms with E-state index in [4.69, 9.17) is 0 Å². The zero-order valence-electron chi connectivity index (χ0n) is 11.6. The minimum absolute atomic E-state index is 0.180. The topological polar surface area (TPSA) is 101 Å². The van der Waals surface area contributed by atoms with E-state index < -0.39 is 16.9 Å². The molecule has 0 saturated carbocycles. The number of carboxylic acids is 1. The summed E-state index contributed by atoms with van der Waals surface area (Å²) in [4.78, 5) is 35.1. The Kier molecular flexibility index (Phi) is 4.21. The Hall–Kier alpha value is -2.44. The molecule has 1 fully saturated rings. The van der Waals surface area contributed by atoms with E-state index in [1.807, 2.05) is 0 Å². The van der Waals surface area contributed by atoms with Crippen LogP contribution in [0.3, 0.4) is 0 Å². The summed E-state index contributed by atoms with van der Waals surface area (Å²) in [5, 5.41) is 20.4. The van der Waals surface area contributed by atoms with Gasteiger partial charge in [-0.25, -0.2) is 4.79 Å². The van der Waals surface area contributed by atoms with Gasteiger partial charge in [-0.3, -0.25) is 14.9 Å². The summed E-state index contributed by atoms with van der Waals surface area (Å²) in [7, 11) is 0. The first-order valence-electron chi connectivity index (χ1n) is 6.76. The molecule has 0 amide bonds. The number of hydrogen-bond donors (Lipinski definition) is 1. The van der Waals surface area contributed by atoms with E-state index in [0.29, 0.717) is 19.4 Å². The van der Waals surface area contributed by atoms with Crippen LogP contribution in [0.15, 0.2) is 18.2 Å². The molecule has 1 saturated heterocycles. The lowest BCUT2D eigenvalue weighted by molar-refractivity contribution is -0.384. The minimum Gasteiger partial charge on any atom is -0.480 e. The van der Waals surface area contributed by atoms with Crippen molar-refractivity contribution in [3.05, 3.63) is 33.9 Å². The van der Waals surface area contributed by atoms with Crippen molar-refractivity contribution >= 4 is 23.1 Å². The molecule has 1 aliphatic heterocycles. The van der Waals surface area contributed by atoms with Crippen molar-refractivity contribution < 1.29 is 19.6 Å². The Morgan fingerprint density at radius 3 is 2.76 bits per heavy atom. The summed E-state index contributed by atoms with van der Waals surface area (Å²) in [5.74, 6) is -1.17. The number of nitro groups is 1. The van der Waals surface area contributed by atoms with Gasteiger partial charge in [0, 0.05) is 24.6 Å². The fourth-order valence-electron chi connectivity index (χ4n) is 2.60. The standard InChI is InChI=1S/C14H16N2O5/c1-2-13(17)9-5-6-10(12(8-9)16(20)21)15-7-3-4-11(15)14(18)19/h5-6,8,11H,2-4,7H2,1H3,(H,18,19). The van der Waals surface area contributed by atoms with Crippen molar-refractivity contribution in [3.8, 4) is 0 Å². The maximum Gasteiger partial charge on any atom is 0.326 e. The number of benzene rings is 1. The molecule has 0 bridgehead atoms. The molecule has 7 heteroatoms. The number of carboxylic acid groups (broad SMARTS) is 1. The van der Waals surface area contributed by atoms with Crippen LogP contribution in [-0.2, 0) is 4.79 Å². The second kappa shape index (κ2) is 5.90. The SMILES string of the molecule is CCC(=O)c1ccc(N2CCCC2C(=O)O)c([N+](=O)[O-])c1. The van der Waals surface area contributed by atoms with E-state index in [9.17, 15) is 24.8 Å². The normalized spacial score (nSPS) is 17.8. The van der Waals surface area contributed by atoms with Crippen LogP contribution < -0.4 is 4.90 Å². The van der Waals surface area contributed by atoms with Crippen molar-refractivity contribution in [3.63, 3.8) is 0 Å². The number of anilines is 1. The maximum absolute atomic E-state index is 11.7. The fraction of sp³-hybridized carbons (Fsp3) is 0.429. The monoisotopic (exact) mass is 292 g/mol. The zero-order valence-corrected chi connectivity index (χ0v) is 11.6. The van der Waals surface area contributed by atoms with Crippen LogP contribution >= 0.6 is 0 Å². The van der Waals surface area contributed by atoms with Crippen LogP contribution in [-0.4, -0.2) is 34.4 Å². The van der Waals surface area contributed by atoms with E-state index in [0.717, 1.165) is 0 Å². The van der Waals surface area contributed by atoms with Gasteiger partial charge >= 0.3 is 5.97 Å². The highest BCUT2D eigenvalue weighted by atomic mass is 16.6. The van der Waals surface area contributed by atoms with Crippen LogP contribution in [0.5, 0.6) is 0 Å². The third-order valence-electron chi connectivity index (χ3n) is 3.66. The molecule has 7 nitrogen and oxygen atoms in total. The Bertz CT molecular complexity index is 599. The highest BCUT2D eigenvalue weighted by Crippen LogP contribution is 2.34. The van der Waals surface area contributed by atoms with E-state index >= 15 is 0 Å². The van der Waals surface area contributed by atoms with Crippen LogP contribution in [0, 0.1) is 10.1 Å². The van der Waals surface area contributed by atoms with Gasteiger partial charge in [-0.05, 0) is 25.0 Å². The zero-order chi connectivity index (χ0) is 15.6. The smallest absolute Gasteiger partial charge is 0.326 e. The van der Waals surface area contributed by atoms with Gasteiger partial charge < -0.3 is 10.0 Å². The largest absolute Gasteiger partial charge is 0.480 e. The van der Waals surface area contributed by atoms with Crippen LogP contribution in [0.2, 0.25) is 0 Å². The summed E-state index contributed by atoms with van der Waals surface area (Å²) in [6, 6.07) is 3.47. The molecular weight excluding hydrogens is 276 g/mol. The molecular formula is C14H16N2O5. The highest BCUT2D eigenvalue weighted by molar-refractivity contribution is 5.97. The first-order chi connectivity index (χ1) is 9.95. The Balaban J connectivity index is 2.46. The van der Waals surface area contributed by atoms with Gasteiger partial charge in [0.2, 0.25) is 0 Å². The Morgan fingerprint density at radius 1 is 1.48 bits per heavy atom. The number of rotatable bonds is 5. The van der Waals surface area contributed by atoms with Crippen molar-refractivity contribution in [1.29, 1.82) is 0 Å². The molecule has 1 N–H and O–H groups in total. The minimum atomic E-state index is -0.990. The predicted molar refractivity (Wildman–Crippen MR) is 75.7 cm³/mol. The third kappa shape index (κ3) is 2.86.